The zero-order valence-electron chi connectivity index (χ0n) is 9.80. The molecule has 0 atom stereocenters. The van der Waals surface area contributed by atoms with E-state index in [1.807, 2.05) is 0 Å². The molecule has 0 bridgehead atoms. The molecule has 0 aliphatic heterocycles. The first-order valence-electron chi connectivity index (χ1n) is 5.62. The highest BCUT2D eigenvalue weighted by Gasteiger charge is 2.33. The van der Waals surface area contributed by atoms with Gasteiger partial charge in [-0.2, -0.15) is 0 Å². The number of hydrogen-bond acceptors (Lipinski definition) is 3. The number of benzene rings is 1. The minimum atomic E-state index is -0.246. The highest BCUT2D eigenvalue weighted by molar-refractivity contribution is 6.28. The van der Waals surface area contributed by atoms with E-state index >= 15 is 0 Å². The van der Waals surface area contributed by atoms with Gasteiger partial charge in [-0.05, 0) is 0 Å². The van der Waals surface area contributed by atoms with Crippen LogP contribution in [0.2, 0.25) is 0 Å². The molecule has 1 aliphatic carbocycles. The fourth-order valence-corrected chi connectivity index (χ4v) is 2.48. The number of hydrogen-bond donors (Lipinski definition) is 1. The molecule has 0 radical (unpaired) electrons. The van der Waals surface area contributed by atoms with Crippen molar-refractivity contribution in [3.05, 3.63) is 58.4 Å². The Kier molecular flexibility index (Phi) is 2.21. The summed E-state index contributed by atoms with van der Waals surface area (Å²) < 4.78 is 1.61. The minimum Gasteiger partial charge on any atom is -0.392 e. The second-order valence-electron chi connectivity index (χ2n) is 4.35. The number of aromatic nitrogens is 1. The Labute approximate surface area is 103 Å². The second-order valence-corrected chi connectivity index (χ2v) is 4.35. The van der Waals surface area contributed by atoms with Gasteiger partial charge in [0.05, 0.1) is 12.2 Å². The zero-order chi connectivity index (χ0) is 12.9. The average Bonchev–Trinajstić information content (AvgIpc) is 2.73. The predicted molar refractivity (Wildman–Crippen MR) is 64.6 cm³/mol. The first-order valence-corrected chi connectivity index (χ1v) is 5.62. The van der Waals surface area contributed by atoms with E-state index in [0.29, 0.717) is 27.9 Å². The Bertz CT molecular complexity index is 682. The lowest BCUT2D eigenvalue weighted by Crippen LogP contribution is -2.22. The van der Waals surface area contributed by atoms with Crippen molar-refractivity contribution in [3.63, 3.8) is 0 Å². The maximum Gasteiger partial charge on any atom is 0.210 e. The van der Waals surface area contributed by atoms with Crippen LogP contribution in [0.15, 0.2) is 30.5 Å². The molecule has 90 valence electrons. The molecule has 0 amide bonds. The Morgan fingerprint density at radius 2 is 1.72 bits per heavy atom. The molecule has 4 nitrogen and oxygen atoms in total. The van der Waals surface area contributed by atoms with Gasteiger partial charge in [-0.25, -0.2) is 0 Å². The number of rotatable bonds is 1. The van der Waals surface area contributed by atoms with Gasteiger partial charge in [-0.1, -0.05) is 24.3 Å². The molecule has 0 fully saturated rings. The quantitative estimate of drug-likeness (QED) is 0.698. The molecule has 1 heterocycles. The smallest absolute Gasteiger partial charge is 0.210 e. The van der Waals surface area contributed by atoms with E-state index in [0.717, 1.165) is 0 Å². The van der Waals surface area contributed by atoms with E-state index in [9.17, 15) is 14.7 Å². The summed E-state index contributed by atoms with van der Waals surface area (Å²) in [5, 5.41) is 9.28. The molecule has 1 N–H and O–H groups in total. The standard InChI is InChI=1S/C14H11NO3/c1-15-6-8(7-16)11-12(15)14(18)10-5-3-2-4-9(10)13(11)17/h2-6,16H,7H2,1H3. The third-order valence-electron chi connectivity index (χ3n) is 3.29. The van der Waals surface area contributed by atoms with Crippen molar-refractivity contribution in [2.75, 3.05) is 0 Å². The number of fused-ring (bicyclic) bond motifs is 2. The van der Waals surface area contributed by atoms with Crippen LogP contribution in [0, 0.1) is 0 Å². The summed E-state index contributed by atoms with van der Waals surface area (Å²) in [5.74, 6) is -0.354. The molecule has 0 saturated heterocycles. The molecule has 2 aromatic rings. The Morgan fingerprint density at radius 3 is 2.33 bits per heavy atom. The van der Waals surface area contributed by atoms with Gasteiger partial charge in [-0.3, -0.25) is 9.59 Å². The van der Waals surface area contributed by atoms with E-state index in [1.54, 1.807) is 42.1 Å². The molecule has 3 rings (SSSR count). The maximum atomic E-state index is 12.4. The molecular formula is C14H11NO3. The summed E-state index contributed by atoms with van der Waals surface area (Å²) in [6.45, 7) is -0.246. The van der Waals surface area contributed by atoms with Gasteiger partial charge in [0.15, 0.2) is 5.78 Å². The van der Waals surface area contributed by atoms with Crippen molar-refractivity contribution in [1.29, 1.82) is 0 Å². The van der Waals surface area contributed by atoms with Gasteiger partial charge in [0.2, 0.25) is 5.78 Å². The topological polar surface area (TPSA) is 59.3 Å². The maximum absolute atomic E-state index is 12.4. The number of carbonyl (C=O) groups excluding carboxylic acids is 2. The molecule has 0 spiro atoms. The average molecular weight is 241 g/mol. The lowest BCUT2D eigenvalue weighted by Gasteiger charge is -2.16. The van der Waals surface area contributed by atoms with Gasteiger partial charge in [0, 0.05) is 29.9 Å². The van der Waals surface area contributed by atoms with Crippen molar-refractivity contribution >= 4 is 11.6 Å². The number of aliphatic hydroxyl groups is 1. The van der Waals surface area contributed by atoms with Gasteiger partial charge >= 0.3 is 0 Å². The van der Waals surface area contributed by atoms with Crippen LogP contribution in [0.1, 0.15) is 37.5 Å². The van der Waals surface area contributed by atoms with Crippen LogP contribution in [0.4, 0.5) is 0 Å². The molecule has 4 heteroatoms. The molecule has 0 saturated carbocycles. The van der Waals surface area contributed by atoms with Crippen molar-refractivity contribution < 1.29 is 14.7 Å². The Balaban J connectivity index is 2.35. The van der Waals surface area contributed by atoms with Gasteiger partial charge in [0.25, 0.3) is 0 Å². The van der Waals surface area contributed by atoms with Crippen molar-refractivity contribution in [1.82, 2.24) is 4.57 Å². The lowest BCUT2D eigenvalue weighted by molar-refractivity contribution is 0.0972. The molecule has 1 aromatic heterocycles. The minimum absolute atomic E-state index is 0.164. The van der Waals surface area contributed by atoms with Crippen LogP contribution < -0.4 is 0 Å². The van der Waals surface area contributed by atoms with E-state index in [-0.39, 0.29) is 18.2 Å². The van der Waals surface area contributed by atoms with Crippen LogP contribution in [0.25, 0.3) is 0 Å². The predicted octanol–water partition coefficient (Wildman–Crippen LogP) is 1.29. The number of aryl methyl sites for hydroxylation is 1. The van der Waals surface area contributed by atoms with Crippen LogP contribution in [0.3, 0.4) is 0 Å². The van der Waals surface area contributed by atoms with Crippen LogP contribution in [-0.2, 0) is 13.7 Å². The van der Waals surface area contributed by atoms with E-state index in [4.69, 9.17) is 0 Å². The third kappa shape index (κ3) is 1.23. The summed E-state index contributed by atoms with van der Waals surface area (Å²) in [6, 6.07) is 6.78. The molecule has 0 unspecified atom stereocenters. The molecule has 1 aromatic carbocycles. The van der Waals surface area contributed by atoms with Crippen LogP contribution in [-0.4, -0.2) is 21.2 Å². The van der Waals surface area contributed by atoms with E-state index < -0.39 is 0 Å². The number of nitrogens with zero attached hydrogens (tertiary/aromatic N) is 1. The van der Waals surface area contributed by atoms with Crippen LogP contribution in [0.5, 0.6) is 0 Å². The van der Waals surface area contributed by atoms with Crippen molar-refractivity contribution in [2.45, 2.75) is 6.61 Å². The summed E-state index contributed by atoms with van der Waals surface area (Å²) in [7, 11) is 1.71. The highest BCUT2D eigenvalue weighted by Crippen LogP contribution is 2.30. The largest absolute Gasteiger partial charge is 0.392 e. The lowest BCUT2D eigenvalue weighted by atomic mass is 9.86. The molecular weight excluding hydrogens is 230 g/mol. The SMILES string of the molecule is Cn1cc(CO)c2c1C(=O)c1ccccc1C2=O. The normalized spacial score (nSPS) is 13.4. The third-order valence-corrected chi connectivity index (χ3v) is 3.29. The van der Waals surface area contributed by atoms with E-state index in [1.165, 1.54) is 0 Å². The first kappa shape index (κ1) is 10.9. The monoisotopic (exact) mass is 241 g/mol. The number of aliphatic hydroxyl groups excluding tert-OH is 1. The van der Waals surface area contributed by atoms with Gasteiger partial charge < -0.3 is 9.67 Å². The zero-order valence-corrected chi connectivity index (χ0v) is 9.80. The van der Waals surface area contributed by atoms with Gasteiger partial charge in [-0.15, -0.1) is 0 Å². The molecule has 1 aliphatic rings. The number of ketones is 2. The Hall–Kier alpha value is -2.20. The van der Waals surface area contributed by atoms with E-state index in [2.05, 4.69) is 0 Å². The second kappa shape index (κ2) is 3.65. The Morgan fingerprint density at radius 1 is 1.11 bits per heavy atom. The summed E-state index contributed by atoms with van der Waals surface area (Å²) >= 11 is 0. The summed E-state index contributed by atoms with van der Waals surface area (Å²) in [4.78, 5) is 24.7. The van der Waals surface area contributed by atoms with Crippen molar-refractivity contribution in [2.24, 2.45) is 7.05 Å². The fraction of sp³-hybridized carbons (Fsp3) is 0.143. The van der Waals surface area contributed by atoms with Crippen LogP contribution >= 0.6 is 0 Å². The fourth-order valence-electron chi connectivity index (χ4n) is 2.48. The molecule has 18 heavy (non-hydrogen) atoms. The van der Waals surface area contributed by atoms with Crippen molar-refractivity contribution in [3.8, 4) is 0 Å². The number of carbonyl (C=O) groups is 2. The van der Waals surface area contributed by atoms with Gasteiger partial charge in [0.1, 0.15) is 5.69 Å². The highest BCUT2D eigenvalue weighted by atomic mass is 16.3. The summed E-state index contributed by atoms with van der Waals surface area (Å²) in [5.41, 5.74) is 2.04. The first-order chi connectivity index (χ1) is 8.65. The summed E-state index contributed by atoms with van der Waals surface area (Å²) in [6.07, 6.45) is 1.63.